The van der Waals surface area contributed by atoms with Gasteiger partial charge in [-0.1, -0.05) is 59.9 Å². The van der Waals surface area contributed by atoms with E-state index in [1.54, 1.807) is 36.4 Å². The van der Waals surface area contributed by atoms with Gasteiger partial charge in [0.15, 0.2) is 5.13 Å². The Bertz CT molecular complexity index is 1360. The minimum absolute atomic E-state index is 0.288. The fourth-order valence-electron chi connectivity index (χ4n) is 3.55. The summed E-state index contributed by atoms with van der Waals surface area (Å²) in [6.07, 6.45) is 0. The summed E-state index contributed by atoms with van der Waals surface area (Å²) in [6, 6.07) is 21.5. The highest BCUT2D eigenvalue weighted by Crippen LogP contribution is 2.38. The highest BCUT2D eigenvalue weighted by molar-refractivity contribution is 7.17. The quantitative estimate of drug-likeness (QED) is 0.271. The zero-order chi connectivity index (χ0) is 25.5. The highest BCUT2D eigenvalue weighted by atomic mass is 32.1. The lowest BCUT2D eigenvalue weighted by atomic mass is 10.1. The van der Waals surface area contributed by atoms with Gasteiger partial charge in [-0.3, -0.25) is 9.59 Å². The number of hydrogen-bond donors (Lipinski definition) is 3. The number of nitrogens with one attached hydrogen (secondary N) is 2. The molecule has 0 aliphatic heterocycles. The number of anilines is 3. The number of nitrogens with two attached hydrogens (primary N) is 1. The fourth-order valence-corrected chi connectivity index (χ4v) is 4.30. The third-order valence-corrected chi connectivity index (χ3v) is 5.99. The van der Waals surface area contributed by atoms with Crippen molar-refractivity contribution in [2.24, 2.45) is 0 Å². The van der Waals surface area contributed by atoms with Gasteiger partial charge < -0.3 is 25.8 Å². The molecule has 8 nitrogen and oxygen atoms in total. The van der Waals surface area contributed by atoms with Crippen molar-refractivity contribution in [2.45, 2.75) is 13.8 Å². The third kappa shape index (κ3) is 5.64. The number of hydrogen-bond acceptors (Lipinski definition) is 7. The molecule has 4 rings (SSSR count). The lowest BCUT2D eigenvalue weighted by molar-refractivity contribution is 0.101. The van der Waals surface area contributed by atoms with Gasteiger partial charge >= 0.3 is 0 Å². The maximum absolute atomic E-state index is 13.3. The van der Waals surface area contributed by atoms with Crippen molar-refractivity contribution in [3.8, 4) is 22.8 Å². The molecule has 1 heterocycles. The van der Waals surface area contributed by atoms with Crippen LogP contribution in [0.15, 0.2) is 72.8 Å². The van der Waals surface area contributed by atoms with Crippen molar-refractivity contribution in [3.05, 3.63) is 83.2 Å². The van der Waals surface area contributed by atoms with E-state index in [1.165, 1.54) is 0 Å². The van der Waals surface area contributed by atoms with Gasteiger partial charge in [0.2, 0.25) is 0 Å². The summed E-state index contributed by atoms with van der Waals surface area (Å²) in [5.41, 5.74) is 8.57. The van der Waals surface area contributed by atoms with Crippen LogP contribution in [0, 0.1) is 0 Å². The van der Waals surface area contributed by atoms with E-state index in [2.05, 4.69) is 15.6 Å². The second-order valence-electron chi connectivity index (χ2n) is 7.58. The SMILES string of the molecule is CCOc1cc(NC(=O)c2sc(N)nc2-c2ccccc2)c(OCC)cc1NC(=O)c1ccccc1. The number of amides is 2. The summed E-state index contributed by atoms with van der Waals surface area (Å²) in [5, 5.41) is 6.07. The summed E-state index contributed by atoms with van der Waals surface area (Å²) in [5.74, 6) is 0.111. The normalized spacial score (nSPS) is 10.5. The van der Waals surface area contributed by atoms with E-state index in [4.69, 9.17) is 15.2 Å². The number of nitrogens with zero attached hydrogens (tertiary/aromatic N) is 1. The lowest BCUT2D eigenvalue weighted by Crippen LogP contribution is -2.15. The minimum Gasteiger partial charge on any atom is -0.492 e. The Labute approximate surface area is 213 Å². The number of nitrogen functional groups attached to an aromatic ring is 1. The molecule has 3 aromatic carbocycles. The zero-order valence-electron chi connectivity index (χ0n) is 19.9. The standard InChI is InChI=1S/C27H26N4O4S/c1-3-34-21-16-20(22(35-4-2)15-19(21)29-25(32)18-13-9-6-10-14-18)30-26(33)24-23(31-27(28)36-24)17-11-7-5-8-12-17/h5-16H,3-4H2,1-2H3,(H2,28,31)(H,29,32)(H,30,33). The van der Waals surface area contributed by atoms with Crippen LogP contribution in [0.3, 0.4) is 0 Å². The van der Waals surface area contributed by atoms with Crippen LogP contribution in [0.1, 0.15) is 33.9 Å². The predicted octanol–water partition coefficient (Wildman–Crippen LogP) is 5.69. The molecule has 0 aliphatic carbocycles. The highest BCUT2D eigenvalue weighted by Gasteiger charge is 2.22. The monoisotopic (exact) mass is 502 g/mol. The molecule has 0 fully saturated rings. The average molecular weight is 503 g/mol. The van der Waals surface area contributed by atoms with E-state index < -0.39 is 0 Å². The molecule has 4 N–H and O–H groups in total. The van der Waals surface area contributed by atoms with Crippen molar-refractivity contribution in [1.82, 2.24) is 4.98 Å². The predicted molar refractivity (Wildman–Crippen MR) is 143 cm³/mol. The zero-order valence-corrected chi connectivity index (χ0v) is 20.7. The fraction of sp³-hybridized carbons (Fsp3) is 0.148. The number of carbonyl (C=O) groups is 2. The molecular formula is C27H26N4O4S. The van der Waals surface area contributed by atoms with Crippen LogP contribution in [-0.4, -0.2) is 30.0 Å². The molecule has 0 saturated heterocycles. The topological polar surface area (TPSA) is 116 Å². The molecule has 1 aromatic heterocycles. The number of thiazole rings is 1. The van der Waals surface area contributed by atoms with Gasteiger partial charge in [0.1, 0.15) is 16.4 Å². The van der Waals surface area contributed by atoms with Gasteiger partial charge in [-0.2, -0.15) is 0 Å². The molecule has 0 bridgehead atoms. The number of benzene rings is 3. The Balaban J connectivity index is 1.67. The van der Waals surface area contributed by atoms with Gasteiger partial charge in [-0.05, 0) is 26.0 Å². The Morgan fingerprint density at radius 1 is 0.833 bits per heavy atom. The lowest BCUT2D eigenvalue weighted by Gasteiger charge is -2.18. The molecule has 0 aliphatic rings. The Kier molecular flexibility index (Phi) is 7.82. The van der Waals surface area contributed by atoms with E-state index in [9.17, 15) is 9.59 Å². The van der Waals surface area contributed by atoms with Gasteiger partial charge in [-0.15, -0.1) is 0 Å². The molecule has 36 heavy (non-hydrogen) atoms. The molecule has 2 amide bonds. The number of ether oxygens (including phenoxy) is 2. The van der Waals surface area contributed by atoms with Gasteiger partial charge in [0, 0.05) is 23.3 Å². The molecule has 0 radical (unpaired) electrons. The Morgan fingerprint density at radius 3 is 1.92 bits per heavy atom. The molecule has 4 aromatic rings. The van der Waals surface area contributed by atoms with Crippen LogP contribution >= 0.6 is 11.3 Å². The first kappa shape index (κ1) is 24.7. The molecule has 9 heteroatoms. The van der Waals surface area contributed by atoms with Crippen LogP contribution in [-0.2, 0) is 0 Å². The summed E-state index contributed by atoms with van der Waals surface area (Å²) >= 11 is 1.10. The van der Waals surface area contributed by atoms with Crippen LogP contribution in [0.5, 0.6) is 11.5 Å². The number of rotatable bonds is 9. The van der Waals surface area contributed by atoms with E-state index in [0.717, 1.165) is 16.9 Å². The van der Waals surface area contributed by atoms with Crippen molar-refractivity contribution in [3.63, 3.8) is 0 Å². The molecule has 0 spiro atoms. The van der Waals surface area contributed by atoms with Crippen LogP contribution < -0.4 is 25.8 Å². The Hall–Kier alpha value is -4.37. The van der Waals surface area contributed by atoms with Crippen LogP contribution in [0.25, 0.3) is 11.3 Å². The van der Waals surface area contributed by atoms with Gasteiger partial charge in [0.25, 0.3) is 11.8 Å². The molecule has 0 saturated carbocycles. The average Bonchev–Trinajstić information content (AvgIpc) is 3.29. The summed E-state index contributed by atoms with van der Waals surface area (Å²) in [6.45, 7) is 4.39. The van der Waals surface area contributed by atoms with E-state index in [0.29, 0.717) is 52.2 Å². The minimum atomic E-state index is -0.382. The first-order chi connectivity index (χ1) is 17.5. The van der Waals surface area contributed by atoms with Crippen molar-refractivity contribution >= 4 is 39.7 Å². The second-order valence-corrected chi connectivity index (χ2v) is 8.61. The number of aromatic nitrogens is 1. The Morgan fingerprint density at radius 2 is 1.36 bits per heavy atom. The van der Waals surface area contributed by atoms with E-state index >= 15 is 0 Å². The molecule has 0 atom stereocenters. The van der Waals surface area contributed by atoms with E-state index in [1.807, 2.05) is 50.2 Å². The van der Waals surface area contributed by atoms with Gasteiger partial charge in [0.05, 0.1) is 30.3 Å². The van der Waals surface area contributed by atoms with E-state index in [-0.39, 0.29) is 16.9 Å². The summed E-state index contributed by atoms with van der Waals surface area (Å²) in [4.78, 5) is 30.8. The maximum Gasteiger partial charge on any atom is 0.268 e. The molecule has 0 unspecified atom stereocenters. The first-order valence-electron chi connectivity index (χ1n) is 11.4. The van der Waals surface area contributed by atoms with Gasteiger partial charge in [-0.25, -0.2) is 4.98 Å². The summed E-state index contributed by atoms with van der Waals surface area (Å²) < 4.78 is 11.6. The van der Waals surface area contributed by atoms with Crippen molar-refractivity contribution in [2.75, 3.05) is 29.6 Å². The van der Waals surface area contributed by atoms with Crippen molar-refractivity contribution < 1.29 is 19.1 Å². The largest absolute Gasteiger partial charge is 0.492 e. The van der Waals surface area contributed by atoms with Crippen LogP contribution in [0.4, 0.5) is 16.5 Å². The smallest absolute Gasteiger partial charge is 0.268 e. The number of carbonyl (C=O) groups excluding carboxylic acids is 2. The first-order valence-corrected chi connectivity index (χ1v) is 12.2. The molecular weight excluding hydrogens is 476 g/mol. The van der Waals surface area contributed by atoms with Crippen LogP contribution in [0.2, 0.25) is 0 Å². The second kappa shape index (κ2) is 11.4. The third-order valence-electron chi connectivity index (χ3n) is 5.11. The molecule has 184 valence electrons. The van der Waals surface area contributed by atoms with Crippen molar-refractivity contribution in [1.29, 1.82) is 0 Å². The summed E-state index contributed by atoms with van der Waals surface area (Å²) in [7, 11) is 0. The maximum atomic E-state index is 13.3.